The van der Waals surface area contributed by atoms with Crippen LogP contribution in [0, 0.1) is 11.6 Å². The molecule has 0 aromatic heterocycles. The summed E-state index contributed by atoms with van der Waals surface area (Å²) in [5.41, 5.74) is -0.968. The minimum atomic E-state index is -5.19. The minimum Gasteiger partial charge on any atom is -0.744 e. The van der Waals surface area contributed by atoms with Gasteiger partial charge in [0.15, 0.2) is 11.6 Å². The number of carbonyl (C=O) groups is 2. The maximum Gasteiger partial charge on any atom is 1.00 e. The first-order valence-electron chi connectivity index (χ1n) is 8.49. The van der Waals surface area contributed by atoms with E-state index in [4.69, 9.17) is 0 Å². The first kappa shape index (κ1) is 30.7. The third kappa shape index (κ3) is 6.88. The second-order valence-corrected chi connectivity index (χ2v) is 9.13. The Balaban J connectivity index is 0.00000289. The molecule has 34 heavy (non-hydrogen) atoms. The van der Waals surface area contributed by atoms with Crippen molar-refractivity contribution < 1.29 is 103 Å². The average Bonchev–Trinajstić information content (AvgIpc) is 2.72. The summed E-state index contributed by atoms with van der Waals surface area (Å²) in [6, 6.07) is 9.18. The third-order valence-corrected chi connectivity index (χ3v) is 6.02. The van der Waals surface area contributed by atoms with Crippen molar-refractivity contribution in [3.8, 4) is 0 Å². The predicted molar refractivity (Wildman–Crippen MR) is 102 cm³/mol. The van der Waals surface area contributed by atoms with Crippen LogP contribution >= 0.6 is 0 Å². The summed E-state index contributed by atoms with van der Waals surface area (Å²) in [7, 11) is -10.4. The van der Waals surface area contributed by atoms with E-state index in [1.54, 1.807) is 0 Å². The van der Waals surface area contributed by atoms with E-state index in [-0.39, 0.29) is 81.4 Å². The molecule has 0 aliphatic rings. The van der Waals surface area contributed by atoms with Gasteiger partial charge >= 0.3 is 59.1 Å². The van der Waals surface area contributed by atoms with Gasteiger partial charge in [0.05, 0.1) is 9.79 Å². The number of halogens is 2. The molecule has 8 nitrogen and oxygen atoms in total. The van der Waals surface area contributed by atoms with Crippen LogP contribution < -0.4 is 59.1 Å². The van der Waals surface area contributed by atoms with Crippen LogP contribution in [0.25, 0.3) is 0 Å². The zero-order valence-corrected chi connectivity index (χ0v) is 23.2. The summed E-state index contributed by atoms with van der Waals surface area (Å²) in [5, 5.41) is 0. The normalized spacial score (nSPS) is 11.2. The van der Waals surface area contributed by atoms with Gasteiger partial charge < -0.3 is 9.11 Å². The molecule has 3 rings (SSSR count). The Bertz CT molecular complexity index is 1380. The number of hydrogen-bond acceptors (Lipinski definition) is 8. The monoisotopic (exact) mass is 526 g/mol. The summed E-state index contributed by atoms with van der Waals surface area (Å²) in [4.78, 5) is 22.9. The molecule has 0 atom stereocenters. The maximum absolute atomic E-state index is 13.6. The van der Waals surface area contributed by atoms with E-state index in [9.17, 15) is 44.3 Å². The van der Waals surface area contributed by atoms with E-state index in [0.717, 1.165) is 18.2 Å². The van der Waals surface area contributed by atoms with E-state index in [2.05, 4.69) is 0 Å². The molecule has 0 amide bonds. The molecule has 0 heterocycles. The smallest absolute Gasteiger partial charge is 0.744 e. The Morgan fingerprint density at radius 3 is 1.24 bits per heavy atom. The molecule has 0 N–H and O–H groups in total. The van der Waals surface area contributed by atoms with Crippen LogP contribution in [0.5, 0.6) is 0 Å². The second kappa shape index (κ2) is 11.6. The molecule has 166 valence electrons. The number of benzene rings is 3. The molecule has 3 aromatic rings. The first-order valence-corrected chi connectivity index (χ1v) is 11.3. The van der Waals surface area contributed by atoms with Gasteiger partial charge in [0.25, 0.3) is 0 Å². The van der Waals surface area contributed by atoms with Gasteiger partial charge in [-0.05, 0) is 42.5 Å². The van der Waals surface area contributed by atoms with Crippen molar-refractivity contribution in [3.63, 3.8) is 0 Å². The largest absolute Gasteiger partial charge is 1.00 e. The number of rotatable bonds is 6. The minimum absolute atomic E-state index is 0. The van der Waals surface area contributed by atoms with E-state index >= 15 is 0 Å². The first-order chi connectivity index (χ1) is 14.8. The van der Waals surface area contributed by atoms with Crippen LogP contribution in [0.2, 0.25) is 0 Å². The molecule has 0 saturated carbocycles. The summed E-state index contributed by atoms with van der Waals surface area (Å²) >= 11 is 0. The number of ketones is 2. The average molecular weight is 526 g/mol. The molecule has 0 aliphatic carbocycles. The van der Waals surface area contributed by atoms with Crippen LogP contribution in [0.3, 0.4) is 0 Å². The Morgan fingerprint density at radius 1 is 0.588 bits per heavy atom. The molecule has 0 spiro atoms. The zero-order valence-electron chi connectivity index (χ0n) is 17.6. The zero-order chi connectivity index (χ0) is 23.8. The van der Waals surface area contributed by atoms with Crippen molar-refractivity contribution in [2.45, 2.75) is 9.79 Å². The SMILES string of the molecule is O=C(c1cccc(C(=O)c2ccc(F)c(S(=O)(=O)[O-])c2)c1)c1ccc(F)c(S(=O)(=O)[O-])c1.[Na+].[Na+]. The van der Waals surface area contributed by atoms with Crippen LogP contribution in [0.1, 0.15) is 31.8 Å². The van der Waals surface area contributed by atoms with Crippen molar-refractivity contribution in [2.75, 3.05) is 0 Å². The molecule has 0 bridgehead atoms. The van der Waals surface area contributed by atoms with Gasteiger partial charge in [-0.2, -0.15) is 0 Å². The van der Waals surface area contributed by atoms with Crippen molar-refractivity contribution >= 4 is 31.8 Å². The van der Waals surface area contributed by atoms with Crippen LogP contribution in [-0.4, -0.2) is 37.5 Å². The fraction of sp³-hybridized carbons (Fsp3) is 0. The van der Waals surface area contributed by atoms with E-state index in [1.807, 2.05) is 0 Å². The van der Waals surface area contributed by atoms with Gasteiger partial charge in [0.1, 0.15) is 31.9 Å². The molecule has 0 aliphatic heterocycles. The van der Waals surface area contributed by atoms with Crippen LogP contribution in [0.15, 0.2) is 70.5 Å². The predicted octanol–water partition coefficient (Wildman–Crippen LogP) is -3.76. The Hall–Kier alpha value is -1.32. The van der Waals surface area contributed by atoms with Gasteiger partial charge in [0, 0.05) is 22.3 Å². The number of carbonyl (C=O) groups excluding carboxylic acids is 2. The maximum atomic E-state index is 13.6. The molecule has 3 aromatic carbocycles. The fourth-order valence-electron chi connectivity index (χ4n) is 2.81. The van der Waals surface area contributed by atoms with Crippen molar-refractivity contribution in [1.29, 1.82) is 0 Å². The topological polar surface area (TPSA) is 149 Å². The van der Waals surface area contributed by atoms with Crippen LogP contribution in [0.4, 0.5) is 8.78 Å². The number of hydrogen-bond donors (Lipinski definition) is 0. The quantitative estimate of drug-likeness (QED) is 0.181. The van der Waals surface area contributed by atoms with Gasteiger partial charge in [-0.25, -0.2) is 25.6 Å². The van der Waals surface area contributed by atoms with Gasteiger partial charge in [-0.1, -0.05) is 18.2 Å². The molecular weight excluding hydrogens is 516 g/mol. The summed E-state index contributed by atoms with van der Waals surface area (Å²) in [6.07, 6.45) is 0. The summed E-state index contributed by atoms with van der Waals surface area (Å²) in [5.74, 6) is -4.35. The second-order valence-electron chi connectivity index (χ2n) is 6.44. The molecule has 0 saturated heterocycles. The summed E-state index contributed by atoms with van der Waals surface area (Å²) < 4.78 is 94.1. The van der Waals surface area contributed by atoms with Crippen molar-refractivity contribution in [3.05, 3.63) is 94.6 Å². The van der Waals surface area contributed by atoms with Crippen molar-refractivity contribution in [2.24, 2.45) is 0 Å². The van der Waals surface area contributed by atoms with Gasteiger partial charge in [-0.3, -0.25) is 9.59 Å². The van der Waals surface area contributed by atoms with E-state index < -0.39 is 53.2 Å². The fourth-order valence-corrected chi connectivity index (χ4v) is 3.96. The van der Waals surface area contributed by atoms with Crippen molar-refractivity contribution in [1.82, 2.24) is 0 Å². The standard InChI is InChI=1S/C20H12F2O8S2.2Na/c21-15-6-4-13(9-17(15)31(25,26)27)19(23)11-2-1-3-12(8-11)20(24)14-5-7-16(22)18(10-14)32(28,29)30;;/h1-10H,(H,25,26,27)(H,28,29,30);;/q;2*+1/p-2. The Morgan fingerprint density at radius 2 is 0.912 bits per heavy atom. The third-order valence-electron chi connectivity index (χ3n) is 4.31. The molecule has 0 unspecified atom stereocenters. The van der Waals surface area contributed by atoms with Gasteiger partial charge in [0.2, 0.25) is 0 Å². The molecular formula is C20H10F2Na2O8S2. The Kier molecular flexibility index (Phi) is 10.5. The van der Waals surface area contributed by atoms with E-state index in [1.165, 1.54) is 18.2 Å². The van der Waals surface area contributed by atoms with Crippen LogP contribution in [-0.2, 0) is 20.2 Å². The van der Waals surface area contributed by atoms with E-state index in [0.29, 0.717) is 24.3 Å². The Labute approximate surface area is 237 Å². The molecule has 0 fully saturated rings. The van der Waals surface area contributed by atoms with Gasteiger partial charge in [-0.15, -0.1) is 0 Å². The molecule has 14 heteroatoms. The molecule has 0 radical (unpaired) electrons. The summed E-state index contributed by atoms with van der Waals surface area (Å²) in [6.45, 7) is 0.